The van der Waals surface area contributed by atoms with Gasteiger partial charge in [0.2, 0.25) is 5.91 Å². The number of ether oxygens (including phenoxy) is 1. The van der Waals surface area contributed by atoms with Crippen LogP contribution in [-0.2, 0) is 17.8 Å². The highest BCUT2D eigenvalue weighted by Gasteiger charge is 2.04. The van der Waals surface area contributed by atoms with E-state index in [1.54, 1.807) is 19.6 Å². The number of carbonyl (C=O) groups is 1. The minimum absolute atomic E-state index is 0.0323. The fraction of sp³-hybridized carbons (Fsp3) is 0.231. The molecule has 0 saturated carbocycles. The summed E-state index contributed by atoms with van der Waals surface area (Å²) in [5.74, 6) is 0.776. The third-order valence-electron chi connectivity index (χ3n) is 2.55. The average Bonchev–Trinajstić information content (AvgIpc) is 2.90. The summed E-state index contributed by atoms with van der Waals surface area (Å²) in [6.07, 6.45) is 3.52. The molecule has 1 aromatic carbocycles. The second kappa shape index (κ2) is 5.86. The Labute approximate surface area is 105 Å². The minimum atomic E-state index is -0.0323. The van der Waals surface area contributed by atoms with E-state index < -0.39 is 0 Å². The molecule has 0 aliphatic heterocycles. The summed E-state index contributed by atoms with van der Waals surface area (Å²) >= 11 is 0. The Kier molecular flexibility index (Phi) is 3.96. The summed E-state index contributed by atoms with van der Waals surface area (Å²) in [5.41, 5.74) is 1.84. The molecule has 1 aromatic heterocycles. The number of carbonyl (C=O) groups excluding carboxylic acids is 1. The van der Waals surface area contributed by atoms with Crippen LogP contribution < -0.4 is 10.1 Å². The fourth-order valence-electron chi connectivity index (χ4n) is 1.56. The van der Waals surface area contributed by atoms with Crippen LogP contribution in [0.2, 0.25) is 0 Å². The van der Waals surface area contributed by atoms with Crippen molar-refractivity contribution in [2.24, 2.45) is 0 Å². The molecule has 0 atom stereocenters. The number of rotatable bonds is 5. The van der Waals surface area contributed by atoms with Crippen LogP contribution >= 0.6 is 0 Å². The van der Waals surface area contributed by atoms with Crippen LogP contribution in [0.3, 0.4) is 0 Å². The normalized spacial score (nSPS) is 10.1. The fourth-order valence-corrected chi connectivity index (χ4v) is 1.56. The Morgan fingerprint density at radius 3 is 2.78 bits per heavy atom. The lowest BCUT2D eigenvalue weighted by atomic mass is 10.2. The SMILES string of the molecule is COc1ccc(CNC(=O)Cc2cnc[nH]2)cc1. The lowest BCUT2D eigenvalue weighted by Gasteiger charge is -2.05. The number of benzene rings is 1. The molecule has 0 saturated heterocycles. The van der Waals surface area contributed by atoms with Gasteiger partial charge in [0, 0.05) is 18.4 Å². The molecule has 2 aromatic rings. The van der Waals surface area contributed by atoms with Crippen LogP contribution in [0.4, 0.5) is 0 Å². The van der Waals surface area contributed by atoms with Crippen LogP contribution in [0.1, 0.15) is 11.3 Å². The summed E-state index contributed by atoms with van der Waals surface area (Å²) < 4.78 is 5.07. The zero-order chi connectivity index (χ0) is 12.8. The molecule has 0 spiro atoms. The number of hydrogen-bond donors (Lipinski definition) is 2. The Hall–Kier alpha value is -2.30. The first-order valence-corrected chi connectivity index (χ1v) is 5.65. The maximum atomic E-state index is 11.6. The van der Waals surface area contributed by atoms with Gasteiger partial charge in [-0.15, -0.1) is 0 Å². The van der Waals surface area contributed by atoms with Crippen molar-refractivity contribution in [2.75, 3.05) is 7.11 Å². The first-order chi connectivity index (χ1) is 8.78. The third-order valence-corrected chi connectivity index (χ3v) is 2.55. The van der Waals surface area contributed by atoms with Crippen molar-refractivity contribution in [1.29, 1.82) is 0 Å². The zero-order valence-electron chi connectivity index (χ0n) is 10.1. The van der Waals surface area contributed by atoms with E-state index in [1.807, 2.05) is 24.3 Å². The monoisotopic (exact) mass is 245 g/mol. The molecule has 0 aliphatic rings. The van der Waals surface area contributed by atoms with E-state index >= 15 is 0 Å². The number of methoxy groups -OCH3 is 1. The second-order valence-corrected chi connectivity index (χ2v) is 3.88. The number of aromatic nitrogens is 2. The molecule has 94 valence electrons. The van der Waals surface area contributed by atoms with Gasteiger partial charge in [-0.05, 0) is 17.7 Å². The van der Waals surface area contributed by atoms with Gasteiger partial charge in [0.1, 0.15) is 5.75 Å². The van der Waals surface area contributed by atoms with E-state index in [0.29, 0.717) is 13.0 Å². The maximum Gasteiger partial charge on any atom is 0.226 e. The summed E-state index contributed by atoms with van der Waals surface area (Å²) in [5, 5.41) is 2.85. The number of nitrogens with one attached hydrogen (secondary N) is 2. The largest absolute Gasteiger partial charge is 0.497 e. The van der Waals surface area contributed by atoms with Crippen LogP contribution in [0.25, 0.3) is 0 Å². The van der Waals surface area contributed by atoms with Gasteiger partial charge in [0.05, 0.1) is 19.9 Å². The summed E-state index contributed by atoms with van der Waals surface area (Å²) in [4.78, 5) is 18.4. The molecule has 2 rings (SSSR count). The molecule has 5 heteroatoms. The van der Waals surface area contributed by atoms with Crippen molar-refractivity contribution in [1.82, 2.24) is 15.3 Å². The molecular weight excluding hydrogens is 230 g/mol. The van der Waals surface area contributed by atoms with E-state index in [4.69, 9.17) is 4.74 Å². The van der Waals surface area contributed by atoms with Gasteiger partial charge in [0.15, 0.2) is 0 Å². The van der Waals surface area contributed by atoms with Gasteiger partial charge in [-0.3, -0.25) is 4.79 Å². The summed E-state index contributed by atoms with van der Waals surface area (Å²) in [7, 11) is 1.63. The van der Waals surface area contributed by atoms with Crippen molar-refractivity contribution in [2.45, 2.75) is 13.0 Å². The highest BCUT2D eigenvalue weighted by atomic mass is 16.5. The van der Waals surface area contributed by atoms with E-state index in [9.17, 15) is 4.79 Å². The molecule has 5 nitrogen and oxygen atoms in total. The third kappa shape index (κ3) is 3.35. The summed E-state index contributed by atoms with van der Waals surface area (Å²) in [6, 6.07) is 7.59. The Balaban J connectivity index is 1.81. The van der Waals surface area contributed by atoms with E-state index in [1.165, 1.54) is 0 Å². The van der Waals surface area contributed by atoms with Crippen LogP contribution in [-0.4, -0.2) is 23.0 Å². The predicted molar refractivity (Wildman–Crippen MR) is 67.1 cm³/mol. The highest BCUT2D eigenvalue weighted by molar-refractivity contribution is 5.77. The van der Waals surface area contributed by atoms with Gasteiger partial charge in [-0.25, -0.2) is 4.98 Å². The molecule has 2 N–H and O–H groups in total. The van der Waals surface area contributed by atoms with Crippen LogP contribution in [0.5, 0.6) is 5.75 Å². The molecule has 0 unspecified atom stereocenters. The zero-order valence-corrected chi connectivity index (χ0v) is 10.1. The molecule has 1 heterocycles. The van der Waals surface area contributed by atoms with Crippen LogP contribution in [0.15, 0.2) is 36.8 Å². The Morgan fingerprint density at radius 1 is 1.39 bits per heavy atom. The first kappa shape index (κ1) is 12.2. The average molecular weight is 245 g/mol. The van der Waals surface area contributed by atoms with Gasteiger partial charge < -0.3 is 15.0 Å². The van der Waals surface area contributed by atoms with E-state index in [0.717, 1.165) is 17.0 Å². The molecule has 1 amide bonds. The molecule has 0 bridgehead atoms. The number of amides is 1. The highest BCUT2D eigenvalue weighted by Crippen LogP contribution is 2.10. The van der Waals surface area contributed by atoms with Crippen molar-refractivity contribution in [3.05, 3.63) is 48.0 Å². The lowest BCUT2D eigenvalue weighted by molar-refractivity contribution is -0.120. The number of aromatic amines is 1. The lowest BCUT2D eigenvalue weighted by Crippen LogP contribution is -2.24. The van der Waals surface area contributed by atoms with Gasteiger partial charge in [-0.2, -0.15) is 0 Å². The van der Waals surface area contributed by atoms with Crippen LogP contribution in [0, 0.1) is 0 Å². The molecular formula is C13H15N3O2. The number of nitrogens with zero attached hydrogens (tertiary/aromatic N) is 1. The molecule has 18 heavy (non-hydrogen) atoms. The molecule has 0 radical (unpaired) electrons. The number of imidazole rings is 1. The number of H-pyrrole nitrogens is 1. The first-order valence-electron chi connectivity index (χ1n) is 5.65. The van der Waals surface area contributed by atoms with E-state index in [2.05, 4.69) is 15.3 Å². The predicted octanol–water partition coefficient (Wildman–Crippen LogP) is 1.28. The van der Waals surface area contributed by atoms with Crippen molar-refractivity contribution in [3.8, 4) is 5.75 Å². The second-order valence-electron chi connectivity index (χ2n) is 3.88. The van der Waals surface area contributed by atoms with Crippen molar-refractivity contribution >= 4 is 5.91 Å². The quantitative estimate of drug-likeness (QED) is 0.833. The Bertz CT molecular complexity index is 491. The molecule has 0 aliphatic carbocycles. The Morgan fingerprint density at radius 2 is 2.17 bits per heavy atom. The maximum absolute atomic E-state index is 11.6. The smallest absolute Gasteiger partial charge is 0.226 e. The van der Waals surface area contributed by atoms with Gasteiger partial charge in [-0.1, -0.05) is 12.1 Å². The topological polar surface area (TPSA) is 67.0 Å². The number of hydrogen-bond acceptors (Lipinski definition) is 3. The summed E-state index contributed by atoms with van der Waals surface area (Å²) in [6.45, 7) is 0.511. The van der Waals surface area contributed by atoms with Crippen molar-refractivity contribution in [3.63, 3.8) is 0 Å². The van der Waals surface area contributed by atoms with Gasteiger partial charge in [0.25, 0.3) is 0 Å². The standard InChI is InChI=1S/C13H15N3O2/c1-18-12-4-2-10(3-5-12)7-15-13(17)6-11-8-14-9-16-11/h2-5,8-9H,6-7H2,1H3,(H,14,16)(H,15,17). The van der Waals surface area contributed by atoms with Crippen molar-refractivity contribution < 1.29 is 9.53 Å². The van der Waals surface area contributed by atoms with Gasteiger partial charge >= 0.3 is 0 Å². The molecule has 0 fully saturated rings. The minimum Gasteiger partial charge on any atom is -0.497 e. The van der Waals surface area contributed by atoms with E-state index in [-0.39, 0.29) is 5.91 Å².